The Morgan fingerprint density at radius 2 is 0.889 bits per heavy atom. The van der Waals surface area contributed by atoms with E-state index in [1.54, 1.807) is 0 Å². The minimum absolute atomic E-state index is 0. The van der Waals surface area contributed by atoms with E-state index in [1.165, 1.54) is 5.34 Å². The van der Waals surface area contributed by atoms with Gasteiger partial charge in [-0.15, -0.1) is 4.91 Å². The third-order valence-corrected chi connectivity index (χ3v) is 0. The van der Waals surface area contributed by atoms with Crippen LogP contribution in [0.5, 0.6) is 0 Å². The van der Waals surface area contributed by atoms with Gasteiger partial charge in [0.25, 0.3) is 0 Å². The molecular formula is H11NO7Zr. The molecule has 8 nitrogen and oxygen atoms in total. The Kier molecular flexibility index (Phi) is 5250. The Morgan fingerprint density at radius 3 is 0.889 bits per heavy atom. The maximum atomic E-state index is 8.11. The normalized spacial score (nSPS) is 1.33. The quantitative estimate of drug-likeness (QED) is 0.324. The molecule has 0 aliphatic carbocycles. The number of rotatable bonds is 0. The maximum absolute atomic E-state index is 8.11. The average Bonchev–Trinajstić information content (AvgIpc) is 0.918. The second-order valence-corrected chi connectivity index (χ2v) is 0.0816. The zero-order valence-electron chi connectivity index (χ0n) is 4.30. The molecule has 0 saturated carbocycles. The van der Waals surface area contributed by atoms with Crippen molar-refractivity contribution in [3.8, 4) is 0 Å². The summed E-state index contributed by atoms with van der Waals surface area (Å²) in [5.41, 5.74) is 0. The van der Waals surface area contributed by atoms with E-state index in [1.807, 2.05) is 0 Å². The molecule has 0 spiro atoms. The Hall–Kier alpha value is 0.0831. The Balaban J connectivity index is -0.00000000133. The molecule has 11 N–H and O–H groups in total. The van der Waals surface area contributed by atoms with Gasteiger partial charge in [0.2, 0.25) is 0 Å². The van der Waals surface area contributed by atoms with Crippen LogP contribution in [0.3, 0.4) is 0 Å². The van der Waals surface area contributed by atoms with Gasteiger partial charge in [-0.3, -0.25) is 0 Å². The second-order valence-electron chi connectivity index (χ2n) is 0.0816. The molecule has 0 bridgehead atoms. The van der Waals surface area contributed by atoms with Crippen LogP contribution in [0.4, 0.5) is 0 Å². The number of hydrogen-bond acceptors (Lipinski definition) is 2. The van der Waals surface area contributed by atoms with Crippen LogP contribution in [-0.4, -0.2) is 32.6 Å². The number of hydrogen-bond donors (Lipinski definition) is 1. The largest absolute Gasteiger partial charge is 0.412 e. The van der Waals surface area contributed by atoms with Crippen molar-refractivity contribution in [3.63, 3.8) is 0 Å². The summed E-state index contributed by atoms with van der Waals surface area (Å²) >= 11 is 0. The smallest absolute Gasteiger partial charge is 0.152 e. The van der Waals surface area contributed by atoms with Crippen LogP contribution in [0.15, 0.2) is 5.34 Å². The van der Waals surface area contributed by atoms with Gasteiger partial charge in [-0.05, 0) is 0 Å². The summed E-state index contributed by atoms with van der Waals surface area (Å²) in [5, 5.41) is 7.89. The molecule has 62 valence electrons. The predicted octanol–water partition coefficient (Wildman–Crippen LogP) is -3.98. The monoisotopic (exact) mass is 227 g/mol. The van der Waals surface area contributed by atoms with Gasteiger partial charge in [0, 0.05) is 26.2 Å². The molecule has 0 aromatic heterocycles. The van der Waals surface area contributed by atoms with E-state index < -0.39 is 0 Å². The van der Waals surface area contributed by atoms with Gasteiger partial charge in [-0.1, -0.05) is 0 Å². The summed E-state index contributed by atoms with van der Waals surface area (Å²) in [6, 6.07) is 0. The van der Waals surface area contributed by atoms with Crippen LogP contribution in [-0.2, 0) is 26.2 Å². The van der Waals surface area contributed by atoms with Gasteiger partial charge in [-0.25, -0.2) is 0 Å². The van der Waals surface area contributed by atoms with Gasteiger partial charge in [0.15, 0.2) is 5.34 Å². The van der Waals surface area contributed by atoms with Crippen molar-refractivity contribution < 1.29 is 58.8 Å². The van der Waals surface area contributed by atoms with E-state index in [-0.39, 0.29) is 53.6 Å². The van der Waals surface area contributed by atoms with E-state index in [9.17, 15) is 0 Å². The Morgan fingerprint density at radius 1 is 0.889 bits per heavy atom. The summed E-state index contributed by atoms with van der Waals surface area (Å²) in [5.74, 6) is 0. The third-order valence-electron chi connectivity index (χ3n) is 0. The maximum Gasteiger partial charge on any atom is 0.152 e. The molecule has 0 atom stereocenters. The first-order chi connectivity index (χ1) is 1.41. The molecule has 0 amide bonds. The van der Waals surface area contributed by atoms with Crippen molar-refractivity contribution in [2.45, 2.75) is 0 Å². The SMILES string of the molecule is O.O.O.O.O.O=NO.[Zr]. The number of nitrogens with zero attached hydrogens (tertiary/aromatic N) is 1. The molecular weight excluding hydrogens is 217 g/mol. The van der Waals surface area contributed by atoms with Gasteiger partial charge >= 0.3 is 0 Å². The summed E-state index contributed by atoms with van der Waals surface area (Å²) in [4.78, 5) is 8.11. The van der Waals surface area contributed by atoms with E-state index in [4.69, 9.17) is 10.1 Å². The fraction of sp³-hybridized carbons (Fsp3) is 0. The van der Waals surface area contributed by atoms with Crippen LogP contribution >= 0.6 is 0 Å². The zero-order valence-corrected chi connectivity index (χ0v) is 6.76. The average molecular weight is 228 g/mol. The van der Waals surface area contributed by atoms with Gasteiger partial charge < -0.3 is 32.6 Å². The summed E-state index contributed by atoms with van der Waals surface area (Å²) < 4.78 is 0. The summed E-state index contributed by atoms with van der Waals surface area (Å²) in [6.07, 6.45) is 0. The minimum Gasteiger partial charge on any atom is -0.412 e. The van der Waals surface area contributed by atoms with Crippen molar-refractivity contribution in [1.29, 1.82) is 0 Å². The van der Waals surface area contributed by atoms with Crippen LogP contribution in [0, 0.1) is 4.91 Å². The van der Waals surface area contributed by atoms with E-state index >= 15 is 0 Å². The topological polar surface area (TPSA) is 207 Å². The van der Waals surface area contributed by atoms with Crippen LogP contribution in [0.1, 0.15) is 0 Å². The van der Waals surface area contributed by atoms with E-state index in [0.717, 1.165) is 0 Å². The summed E-state index contributed by atoms with van der Waals surface area (Å²) in [7, 11) is 0. The fourth-order valence-corrected chi connectivity index (χ4v) is 0. The van der Waals surface area contributed by atoms with E-state index in [2.05, 4.69) is 0 Å². The van der Waals surface area contributed by atoms with Crippen LogP contribution < -0.4 is 0 Å². The standard InChI is InChI=1S/HNO2.5H2O.Zr/c2-1-3;;;;;;/h(H,2,3);5*1H2;. The molecule has 0 saturated heterocycles. The second kappa shape index (κ2) is 346. The Labute approximate surface area is 69.5 Å². The van der Waals surface area contributed by atoms with Gasteiger partial charge in [0.1, 0.15) is 0 Å². The molecule has 9 heavy (non-hydrogen) atoms. The molecule has 9 heteroatoms. The van der Waals surface area contributed by atoms with Crippen molar-refractivity contribution >= 4 is 0 Å². The molecule has 0 aliphatic heterocycles. The Bertz CT molecular complexity index is 16.4. The molecule has 0 aliphatic rings. The van der Waals surface area contributed by atoms with Crippen molar-refractivity contribution in [2.24, 2.45) is 5.34 Å². The van der Waals surface area contributed by atoms with Crippen molar-refractivity contribution in [3.05, 3.63) is 4.91 Å². The molecule has 0 fully saturated rings. The molecule has 0 aromatic rings. The summed E-state index contributed by atoms with van der Waals surface area (Å²) in [6.45, 7) is 0. The van der Waals surface area contributed by atoms with E-state index in [0.29, 0.717) is 0 Å². The third kappa shape index (κ3) is 43300. The van der Waals surface area contributed by atoms with Crippen molar-refractivity contribution in [2.75, 3.05) is 0 Å². The molecule has 0 unspecified atom stereocenters. The molecule has 0 aromatic carbocycles. The molecule has 0 heterocycles. The first kappa shape index (κ1) is 137. The van der Waals surface area contributed by atoms with Gasteiger partial charge in [0.05, 0.1) is 0 Å². The van der Waals surface area contributed by atoms with Gasteiger partial charge in [-0.2, -0.15) is 0 Å². The fourth-order valence-electron chi connectivity index (χ4n) is 0. The zero-order chi connectivity index (χ0) is 2.71. The van der Waals surface area contributed by atoms with Crippen molar-refractivity contribution in [1.82, 2.24) is 0 Å². The molecule has 0 rings (SSSR count). The minimum atomic E-state index is 0. The van der Waals surface area contributed by atoms with Crippen LogP contribution in [0.25, 0.3) is 0 Å². The first-order valence-corrected chi connectivity index (χ1v) is 0.383. The predicted molar refractivity (Wildman–Crippen MR) is 25.7 cm³/mol. The van der Waals surface area contributed by atoms with Crippen LogP contribution in [0.2, 0.25) is 0 Å². The molecule has 0 radical (unpaired) electrons. The first-order valence-electron chi connectivity index (χ1n) is 0.383.